The van der Waals surface area contributed by atoms with Crippen molar-refractivity contribution in [2.75, 3.05) is 18.1 Å². The summed E-state index contributed by atoms with van der Waals surface area (Å²) in [6.07, 6.45) is 2.04. The lowest BCUT2D eigenvalue weighted by Crippen LogP contribution is -2.61. The minimum absolute atomic E-state index is 0.104. The number of nitrogens with one attached hydrogen (secondary N) is 1. The molecule has 6 nitrogen and oxygen atoms in total. The third kappa shape index (κ3) is 3.27. The van der Waals surface area contributed by atoms with E-state index in [0.29, 0.717) is 23.5 Å². The van der Waals surface area contributed by atoms with Crippen LogP contribution in [-0.4, -0.2) is 44.0 Å². The quantitative estimate of drug-likeness (QED) is 0.872. The van der Waals surface area contributed by atoms with Gasteiger partial charge in [0.25, 0.3) is 0 Å². The Kier molecular flexibility index (Phi) is 4.14. The minimum Gasteiger partial charge on any atom is -0.383 e. The standard InChI is InChI=1S/C19H30N6/c1-11-8-12(2)21-16-14(11)15(20)23-17(24-16)22-13-9-18(3,4)25(7)19(5,6)10-13/h8,13H,9-10H2,1-7H3,(H3,20,21,22,23,24). The molecule has 2 aromatic heterocycles. The SMILES string of the molecule is Cc1cc(C)c2c(N)nc(NC3CC(C)(C)N(C)C(C)(C)C3)nc2n1. The van der Waals surface area contributed by atoms with Gasteiger partial charge in [-0.2, -0.15) is 9.97 Å². The average Bonchev–Trinajstić information content (AvgIpc) is 2.42. The molecule has 25 heavy (non-hydrogen) atoms. The number of pyridine rings is 1. The van der Waals surface area contributed by atoms with Crippen LogP contribution in [0.3, 0.4) is 0 Å². The Labute approximate surface area is 150 Å². The summed E-state index contributed by atoms with van der Waals surface area (Å²) in [4.78, 5) is 16.1. The van der Waals surface area contributed by atoms with Crippen molar-refractivity contribution in [3.8, 4) is 0 Å². The number of anilines is 2. The molecule has 3 heterocycles. The highest BCUT2D eigenvalue weighted by Gasteiger charge is 2.43. The van der Waals surface area contributed by atoms with Gasteiger partial charge in [0.1, 0.15) is 5.82 Å². The van der Waals surface area contributed by atoms with Crippen LogP contribution in [0.5, 0.6) is 0 Å². The van der Waals surface area contributed by atoms with Gasteiger partial charge in [0.15, 0.2) is 5.65 Å². The predicted octanol–water partition coefficient (Wildman–Crippen LogP) is 3.29. The molecule has 1 saturated heterocycles. The fourth-order valence-corrected chi connectivity index (χ4v) is 4.23. The fraction of sp³-hybridized carbons (Fsp3) is 0.632. The summed E-state index contributed by atoms with van der Waals surface area (Å²) < 4.78 is 0. The van der Waals surface area contributed by atoms with Gasteiger partial charge in [-0.25, -0.2) is 4.98 Å². The highest BCUT2D eigenvalue weighted by atomic mass is 15.3. The Balaban J connectivity index is 1.93. The van der Waals surface area contributed by atoms with E-state index in [4.69, 9.17) is 5.73 Å². The number of aromatic nitrogens is 3. The summed E-state index contributed by atoms with van der Waals surface area (Å²) in [5, 5.41) is 4.36. The van der Waals surface area contributed by atoms with Crippen molar-refractivity contribution in [1.82, 2.24) is 19.9 Å². The number of fused-ring (bicyclic) bond motifs is 1. The first-order chi connectivity index (χ1) is 11.5. The van der Waals surface area contributed by atoms with E-state index < -0.39 is 0 Å². The minimum atomic E-state index is 0.104. The van der Waals surface area contributed by atoms with Gasteiger partial charge < -0.3 is 11.1 Å². The molecule has 0 aliphatic carbocycles. The van der Waals surface area contributed by atoms with Gasteiger partial charge in [-0.1, -0.05) is 0 Å². The Bertz CT molecular complexity index is 793. The molecule has 3 N–H and O–H groups in total. The number of hydrogen-bond acceptors (Lipinski definition) is 6. The van der Waals surface area contributed by atoms with Crippen LogP contribution in [0.1, 0.15) is 51.8 Å². The number of nitrogen functional groups attached to an aromatic ring is 1. The van der Waals surface area contributed by atoms with Crippen molar-refractivity contribution in [1.29, 1.82) is 0 Å². The molecule has 1 aliphatic rings. The second-order valence-corrected chi connectivity index (χ2v) is 8.64. The van der Waals surface area contributed by atoms with Crippen LogP contribution in [0, 0.1) is 13.8 Å². The van der Waals surface area contributed by atoms with Gasteiger partial charge >= 0.3 is 0 Å². The van der Waals surface area contributed by atoms with Gasteiger partial charge in [0.05, 0.1) is 5.39 Å². The lowest BCUT2D eigenvalue weighted by molar-refractivity contribution is -0.00777. The monoisotopic (exact) mass is 342 g/mol. The molecule has 0 aromatic carbocycles. The smallest absolute Gasteiger partial charge is 0.226 e. The Morgan fingerprint density at radius 1 is 1.08 bits per heavy atom. The highest BCUT2D eigenvalue weighted by Crippen LogP contribution is 2.37. The van der Waals surface area contributed by atoms with E-state index in [0.717, 1.165) is 29.5 Å². The van der Waals surface area contributed by atoms with Crippen LogP contribution >= 0.6 is 0 Å². The maximum absolute atomic E-state index is 6.20. The third-order valence-electron chi connectivity index (χ3n) is 5.66. The number of hydrogen-bond donors (Lipinski definition) is 2. The molecule has 0 amide bonds. The van der Waals surface area contributed by atoms with Crippen molar-refractivity contribution < 1.29 is 0 Å². The van der Waals surface area contributed by atoms with Crippen LogP contribution in [-0.2, 0) is 0 Å². The fourth-order valence-electron chi connectivity index (χ4n) is 4.23. The van der Waals surface area contributed by atoms with E-state index >= 15 is 0 Å². The zero-order valence-corrected chi connectivity index (χ0v) is 16.4. The summed E-state index contributed by atoms with van der Waals surface area (Å²) >= 11 is 0. The number of piperidine rings is 1. The van der Waals surface area contributed by atoms with E-state index in [9.17, 15) is 0 Å². The predicted molar refractivity (Wildman–Crippen MR) is 104 cm³/mol. The van der Waals surface area contributed by atoms with E-state index in [1.54, 1.807) is 0 Å². The number of likely N-dealkylation sites (tertiary alicyclic amines) is 1. The summed E-state index contributed by atoms with van der Waals surface area (Å²) in [6.45, 7) is 13.1. The van der Waals surface area contributed by atoms with Crippen molar-refractivity contribution in [2.24, 2.45) is 0 Å². The normalized spacial score (nSPS) is 20.8. The molecule has 6 heteroatoms. The Morgan fingerprint density at radius 3 is 2.28 bits per heavy atom. The third-order valence-corrected chi connectivity index (χ3v) is 5.66. The average molecular weight is 342 g/mol. The van der Waals surface area contributed by atoms with Crippen molar-refractivity contribution in [3.63, 3.8) is 0 Å². The van der Waals surface area contributed by atoms with E-state index in [-0.39, 0.29) is 11.1 Å². The molecule has 0 saturated carbocycles. The lowest BCUT2D eigenvalue weighted by atomic mass is 9.77. The van der Waals surface area contributed by atoms with Gasteiger partial charge in [0, 0.05) is 22.8 Å². The summed E-state index contributed by atoms with van der Waals surface area (Å²) in [6, 6.07) is 2.31. The highest BCUT2D eigenvalue weighted by molar-refractivity contribution is 5.89. The maximum Gasteiger partial charge on any atom is 0.226 e. The molecule has 0 spiro atoms. The van der Waals surface area contributed by atoms with Crippen LogP contribution in [0.4, 0.5) is 11.8 Å². The molecule has 3 rings (SSSR count). The molecule has 0 atom stereocenters. The van der Waals surface area contributed by atoms with Gasteiger partial charge in [-0.3, -0.25) is 4.90 Å². The van der Waals surface area contributed by atoms with Gasteiger partial charge in [-0.15, -0.1) is 0 Å². The van der Waals surface area contributed by atoms with Crippen molar-refractivity contribution in [2.45, 2.75) is 71.5 Å². The van der Waals surface area contributed by atoms with Crippen LogP contribution < -0.4 is 11.1 Å². The van der Waals surface area contributed by atoms with Crippen molar-refractivity contribution in [3.05, 3.63) is 17.3 Å². The first-order valence-electron chi connectivity index (χ1n) is 8.91. The Morgan fingerprint density at radius 2 is 1.68 bits per heavy atom. The second-order valence-electron chi connectivity index (χ2n) is 8.64. The maximum atomic E-state index is 6.20. The number of rotatable bonds is 2. The van der Waals surface area contributed by atoms with E-state index in [1.165, 1.54) is 0 Å². The number of nitrogens with two attached hydrogens (primary N) is 1. The molecule has 1 fully saturated rings. The summed E-state index contributed by atoms with van der Waals surface area (Å²) in [5.74, 6) is 1.06. The van der Waals surface area contributed by atoms with Gasteiger partial charge in [0.2, 0.25) is 5.95 Å². The zero-order valence-electron chi connectivity index (χ0n) is 16.4. The molecular formula is C19H30N6. The van der Waals surface area contributed by atoms with Gasteiger partial charge in [-0.05, 0) is 73.1 Å². The molecule has 1 aliphatic heterocycles. The van der Waals surface area contributed by atoms with Crippen LogP contribution in [0.15, 0.2) is 6.07 Å². The molecule has 136 valence electrons. The molecular weight excluding hydrogens is 312 g/mol. The topological polar surface area (TPSA) is 80.0 Å². The lowest BCUT2D eigenvalue weighted by Gasteiger charge is -2.53. The van der Waals surface area contributed by atoms with Crippen LogP contribution in [0.25, 0.3) is 11.0 Å². The molecule has 0 unspecified atom stereocenters. The molecule has 0 bridgehead atoms. The molecule has 2 aromatic rings. The van der Waals surface area contributed by atoms with Crippen molar-refractivity contribution >= 4 is 22.8 Å². The van der Waals surface area contributed by atoms with E-state index in [2.05, 4.69) is 59.9 Å². The summed E-state index contributed by atoms with van der Waals surface area (Å²) in [5.41, 5.74) is 9.08. The number of aryl methyl sites for hydroxylation is 2. The van der Waals surface area contributed by atoms with Crippen LogP contribution in [0.2, 0.25) is 0 Å². The van der Waals surface area contributed by atoms with E-state index in [1.807, 2.05) is 19.9 Å². The number of nitrogens with zero attached hydrogens (tertiary/aromatic N) is 4. The largest absolute Gasteiger partial charge is 0.383 e. The summed E-state index contributed by atoms with van der Waals surface area (Å²) in [7, 11) is 2.20. The second kappa shape index (κ2) is 5.80. The molecule has 0 radical (unpaired) electrons. The zero-order chi connectivity index (χ0) is 18.6. The first-order valence-corrected chi connectivity index (χ1v) is 8.91. The first kappa shape index (κ1) is 17.9. The Hall–Kier alpha value is -1.95.